The molecule has 2 aromatic heterocycles. The molecule has 7 rings (SSSR count). The Kier molecular flexibility index (Phi) is 6.32. The van der Waals surface area contributed by atoms with Gasteiger partial charge in [-0.15, -0.1) is 0 Å². The molecule has 0 spiro atoms. The molecule has 10 heteroatoms. The number of likely N-dealkylation sites (N-methyl/N-ethyl adjacent to an activating group) is 1. The first kappa shape index (κ1) is 25.8. The average molecular weight is 554 g/mol. The summed E-state index contributed by atoms with van der Waals surface area (Å²) in [6, 6.07) is 9.74. The van der Waals surface area contributed by atoms with E-state index < -0.39 is 0 Å². The maximum Gasteiger partial charge on any atom is 0.274 e. The molecule has 0 atom stereocenters. The van der Waals surface area contributed by atoms with Gasteiger partial charge < -0.3 is 24.8 Å². The van der Waals surface area contributed by atoms with E-state index in [1.807, 2.05) is 41.2 Å². The Bertz CT molecular complexity index is 1680. The van der Waals surface area contributed by atoms with Gasteiger partial charge in [-0.2, -0.15) is 5.10 Å². The number of ketones is 1. The van der Waals surface area contributed by atoms with Crippen molar-refractivity contribution in [2.24, 2.45) is 7.05 Å². The third kappa shape index (κ3) is 4.38. The van der Waals surface area contributed by atoms with Crippen LogP contribution in [0.25, 0.3) is 11.1 Å². The SMILES string of the molecule is CN1CCn2nc(Nc3cc(-c4cccc(N5C=C6C(=O)C7=C(CCCC7)N6CC5)c4CO)cn(C)c3=O)cc2C1. The van der Waals surface area contributed by atoms with Crippen molar-refractivity contribution in [3.8, 4) is 11.1 Å². The first-order valence-electron chi connectivity index (χ1n) is 14.4. The zero-order chi connectivity index (χ0) is 28.2. The molecule has 3 aliphatic heterocycles. The smallest absolute Gasteiger partial charge is 0.274 e. The molecule has 1 aromatic carbocycles. The standard InChI is InChI=1S/C31H35N7O3/c1-34-10-13-38-21(17-34)15-29(33-38)32-25-14-20(16-35(2)31(25)41)22-7-5-9-26(24(22)19-39)36-11-12-37-27-8-4-3-6-23(27)30(40)28(37)18-36/h5,7,9,14-16,18,39H,3-4,6,8,10-13,17,19H2,1-2H3,(H,32,33). The van der Waals surface area contributed by atoms with Crippen molar-refractivity contribution in [2.45, 2.75) is 45.4 Å². The molecule has 10 nitrogen and oxygen atoms in total. The summed E-state index contributed by atoms with van der Waals surface area (Å²) in [5.41, 5.74) is 7.57. The van der Waals surface area contributed by atoms with Crippen molar-refractivity contribution >= 4 is 23.0 Å². The number of fused-ring (bicyclic) bond motifs is 3. The van der Waals surface area contributed by atoms with Crippen LogP contribution in [-0.4, -0.2) is 61.7 Å². The van der Waals surface area contributed by atoms with Gasteiger partial charge in [-0.3, -0.25) is 19.2 Å². The van der Waals surface area contributed by atoms with Gasteiger partial charge in [0.2, 0.25) is 5.78 Å². The molecule has 0 bridgehead atoms. The van der Waals surface area contributed by atoms with Crippen molar-refractivity contribution in [1.82, 2.24) is 24.1 Å². The van der Waals surface area contributed by atoms with Crippen LogP contribution in [0.5, 0.6) is 0 Å². The van der Waals surface area contributed by atoms with E-state index in [4.69, 9.17) is 0 Å². The Morgan fingerprint density at radius 2 is 1.88 bits per heavy atom. The summed E-state index contributed by atoms with van der Waals surface area (Å²) in [6.45, 7) is 3.84. The van der Waals surface area contributed by atoms with Gasteiger partial charge in [0.1, 0.15) is 11.4 Å². The zero-order valence-electron chi connectivity index (χ0n) is 23.6. The van der Waals surface area contributed by atoms with Crippen LogP contribution >= 0.6 is 0 Å². The Labute approximate surface area is 238 Å². The Morgan fingerprint density at radius 3 is 2.73 bits per heavy atom. The number of nitrogens with one attached hydrogen (secondary N) is 1. The number of anilines is 3. The molecule has 0 saturated heterocycles. The number of carbonyl (C=O) groups excluding carboxylic acids is 1. The van der Waals surface area contributed by atoms with Crippen LogP contribution in [0, 0.1) is 0 Å². The highest BCUT2D eigenvalue weighted by Gasteiger charge is 2.38. The summed E-state index contributed by atoms with van der Waals surface area (Å²) >= 11 is 0. The lowest BCUT2D eigenvalue weighted by molar-refractivity contribution is -0.112. The molecule has 212 valence electrons. The molecule has 2 N–H and O–H groups in total. The number of aryl methyl sites for hydroxylation is 1. The van der Waals surface area contributed by atoms with E-state index in [0.717, 1.165) is 91.2 Å². The van der Waals surface area contributed by atoms with E-state index in [0.29, 0.717) is 18.1 Å². The molecule has 4 aliphatic rings. The van der Waals surface area contributed by atoms with Crippen LogP contribution in [0.3, 0.4) is 0 Å². The predicted molar refractivity (Wildman–Crippen MR) is 158 cm³/mol. The Morgan fingerprint density at radius 1 is 1.02 bits per heavy atom. The van der Waals surface area contributed by atoms with Gasteiger partial charge in [0.15, 0.2) is 5.82 Å². The summed E-state index contributed by atoms with van der Waals surface area (Å²) in [6.07, 6.45) is 7.79. The van der Waals surface area contributed by atoms with Crippen LogP contribution in [0.2, 0.25) is 0 Å². The number of allylic oxidation sites excluding steroid dienone is 2. The maximum atomic E-state index is 13.2. The van der Waals surface area contributed by atoms with E-state index in [2.05, 4.69) is 32.2 Å². The molecule has 0 fully saturated rings. The zero-order valence-corrected chi connectivity index (χ0v) is 23.6. The molecule has 0 unspecified atom stereocenters. The number of aliphatic hydroxyl groups is 1. The van der Waals surface area contributed by atoms with E-state index in [9.17, 15) is 14.7 Å². The van der Waals surface area contributed by atoms with Crippen LogP contribution in [-0.2, 0) is 31.5 Å². The first-order chi connectivity index (χ1) is 19.9. The van der Waals surface area contributed by atoms with Gasteiger partial charge in [-0.25, -0.2) is 0 Å². The molecule has 0 amide bonds. The molecular weight excluding hydrogens is 518 g/mol. The second-order valence-electron chi connectivity index (χ2n) is 11.4. The number of Topliss-reactive ketones (excluding diaryl/α,β-unsaturated/α-hetero) is 1. The van der Waals surface area contributed by atoms with Gasteiger partial charge >= 0.3 is 0 Å². The topological polar surface area (TPSA) is 98.9 Å². The van der Waals surface area contributed by atoms with E-state index in [-0.39, 0.29) is 17.9 Å². The van der Waals surface area contributed by atoms with Gasteiger partial charge in [0.05, 0.1) is 18.8 Å². The fraction of sp³-hybridized carbons (Fsp3) is 0.387. The predicted octanol–water partition coefficient (Wildman–Crippen LogP) is 3.30. The number of aromatic nitrogens is 3. The third-order valence-corrected chi connectivity index (χ3v) is 8.77. The van der Waals surface area contributed by atoms with E-state index in [1.165, 1.54) is 5.70 Å². The number of rotatable bonds is 5. The van der Waals surface area contributed by atoms with Crippen LogP contribution in [0.15, 0.2) is 64.5 Å². The van der Waals surface area contributed by atoms with Gasteiger partial charge in [0.25, 0.3) is 5.56 Å². The normalized spacial score (nSPS) is 18.8. The molecule has 1 aliphatic carbocycles. The number of hydrogen-bond donors (Lipinski definition) is 2. The van der Waals surface area contributed by atoms with Crippen molar-refractivity contribution in [3.05, 3.63) is 81.3 Å². The maximum absolute atomic E-state index is 13.2. The van der Waals surface area contributed by atoms with E-state index in [1.54, 1.807) is 17.8 Å². The largest absolute Gasteiger partial charge is 0.392 e. The highest BCUT2D eigenvalue weighted by Crippen LogP contribution is 2.41. The van der Waals surface area contributed by atoms with Gasteiger partial charge in [-0.05, 0) is 50.4 Å². The minimum atomic E-state index is -0.176. The highest BCUT2D eigenvalue weighted by molar-refractivity contribution is 6.11. The molecule has 0 radical (unpaired) electrons. The lowest BCUT2D eigenvalue weighted by Crippen LogP contribution is -2.37. The average Bonchev–Trinajstić information content (AvgIpc) is 3.52. The van der Waals surface area contributed by atoms with Crippen molar-refractivity contribution in [3.63, 3.8) is 0 Å². The fourth-order valence-corrected chi connectivity index (χ4v) is 6.67. The van der Waals surface area contributed by atoms with Crippen molar-refractivity contribution in [2.75, 3.05) is 36.9 Å². The number of pyridine rings is 1. The number of nitrogens with zero attached hydrogens (tertiary/aromatic N) is 6. The Hall–Kier alpha value is -4.15. The summed E-state index contributed by atoms with van der Waals surface area (Å²) in [4.78, 5) is 32.9. The summed E-state index contributed by atoms with van der Waals surface area (Å²) in [7, 11) is 3.82. The number of carbonyl (C=O) groups is 1. The number of benzene rings is 1. The molecule has 5 heterocycles. The lowest BCUT2D eigenvalue weighted by Gasteiger charge is -2.35. The van der Waals surface area contributed by atoms with Crippen molar-refractivity contribution < 1.29 is 9.90 Å². The number of aliphatic hydroxyl groups excluding tert-OH is 1. The van der Waals surface area contributed by atoms with Gasteiger partial charge in [-0.1, -0.05) is 12.1 Å². The van der Waals surface area contributed by atoms with Crippen LogP contribution in [0.4, 0.5) is 17.2 Å². The number of hydrogen-bond acceptors (Lipinski definition) is 8. The monoisotopic (exact) mass is 553 g/mol. The van der Waals surface area contributed by atoms with Crippen LogP contribution in [0.1, 0.15) is 36.9 Å². The van der Waals surface area contributed by atoms with Gasteiger partial charge in [0, 0.05) is 79.8 Å². The van der Waals surface area contributed by atoms with Crippen LogP contribution < -0.4 is 15.8 Å². The summed E-state index contributed by atoms with van der Waals surface area (Å²) < 4.78 is 3.54. The first-order valence-corrected chi connectivity index (χ1v) is 14.4. The molecule has 3 aromatic rings. The molecule has 0 saturated carbocycles. The minimum Gasteiger partial charge on any atom is -0.392 e. The van der Waals surface area contributed by atoms with E-state index >= 15 is 0 Å². The molecule has 41 heavy (non-hydrogen) atoms. The lowest BCUT2D eigenvalue weighted by atomic mass is 9.96. The third-order valence-electron chi connectivity index (χ3n) is 8.77. The Balaban J connectivity index is 1.23. The second-order valence-corrected chi connectivity index (χ2v) is 11.4. The molecular formula is C31H35N7O3. The summed E-state index contributed by atoms with van der Waals surface area (Å²) in [5, 5.41) is 18.5. The highest BCUT2D eigenvalue weighted by atomic mass is 16.3. The fourth-order valence-electron chi connectivity index (χ4n) is 6.67. The minimum absolute atomic E-state index is 0.146. The quantitative estimate of drug-likeness (QED) is 0.497. The summed E-state index contributed by atoms with van der Waals surface area (Å²) in [5.74, 6) is 0.787. The van der Waals surface area contributed by atoms with Crippen molar-refractivity contribution in [1.29, 1.82) is 0 Å². The second kappa shape index (κ2) is 10.0.